The highest BCUT2D eigenvalue weighted by molar-refractivity contribution is 6.00. The lowest BCUT2D eigenvalue weighted by Gasteiger charge is -2.31. The van der Waals surface area contributed by atoms with Crippen LogP contribution in [0, 0.1) is 0 Å². The molecule has 1 unspecified atom stereocenters. The molecule has 0 spiro atoms. The number of nitrogens with two attached hydrogens (primary N) is 1. The summed E-state index contributed by atoms with van der Waals surface area (Å²) >= 11 is 0. The maximum absolute atomic E-state index is 12.9. The summed E-state index contributed by atoms with van der Waals surface area (Å²) in [7, 11) is 0. The van der Waals surface area contributed by atoms with Crippen molar-refractivity contribution < 1.29 is 27.5 Å². The maximum Gasteiger partial charge on any atom is 0.416 e. The molecule has 0 bridgehead atoms. The number of morpholine rings is 1. The van der Waals surface area contributed by atoms with Gasteiger partial charge in [0.05, 0.1) is 30.0 Å². The molecule has 9 heteroatoms. The lowest BCUT2D eigenvalue weighted by molar-refractivity contribution is -0.137. The second-order valence-electron chi connectivity index (χ2n) is 6.26. The highest BCUT2D eigenvalue weighted by Crippen LogP contribution is 2.32. The van der Waals surface area contributed by atoms with Crippen molar-refractivity contribution in [3.63, 3.8) is 0 Å². The Kier molecular flexibility index (Phi) is 5.55. The second-order valence-corrected chi connectivity index (χ2v) is 6.26. The van der Waals surface area contributed by atoms with E-state index in [4.69, 9.17) is 10.5 Å². The van der Waals surface area contributed by atoms with E-state index in [0.717, 1.165) is 12.1 Å². The minimum Gasteiger partial charge on any atom is -0.367 e. The molecule has 2 aromatic rings. The van der Waals surface area contributed by atoms with Crippen LogP contribution in [0.3, 0.4) is 0 Å². The monoisotopic (exact) mass is 393 g/mol. The molecule has 0 aromatic heterocycles. The number of primary amides is 1. The predicted molar refractivity (Wildman–Crippen MR) is 96.0 cm³/mol. The van der Waals surface area contributed by atoms with Gasteiger partial charge in [0.1, 0.15) is 0 Å². The van der Waals surface area contributed by atoms with Crippen LogP contribution < -0.4 is 11.1 Å². The fourth-order valence-corrected chi connectivity index (χ4v) is 2.88. The van der Waals surface area contributed by atoms with Gasteiger partial charge >= 0.3 is 6.18 Å². The summed E-state index contributed by atoms with van der Waals surface area (Å²) in [6, 6.07) is 11.2. The number of amides is 2. The van der Waals surface area contributed by atoms with Gasteiger partial charge in [-0.25, -0.2) is 0 Å². The lowest BCUT2D eigenvalue weighted by atomic mass is 10.1. The first-order valence-corrected chi connectivity index (χ1v) is 8.49. The summed E-state index contributed by atoms with van der Waals surface area (Å²) in [6.45, 7) is 0.467. The highest BCUT2D eigenvalue weighted by atomic mass is 19.4. The molecule has 1 atom stereocenters. The SMILES string of the molecule is NC(=O)C1CN(C(=O)c2ccccc2Nc2cccc(C(F)(F)F)c2)CCO1. The number of nitrogens with zero attached hydrogens (tertiary/aromatic N) is 1. The molecule has 6 nitrogen and oxygen atoms in total. The second kappa shape index (κ2) is 7.89. The average Bonchev–Trinajstić information content (AvgIpc) is 2.67. The van der Waals surface area contributed by atoms with Crippen molar-refractivity contribution in [3.8, 4) is 0 Å². The minimum atomic E-state index is -4.47. The number of rotatable bonds is 4. The van der Waals surface area contributed by atoms with Crippen LogP contribution in [-0.4, -0.2) is 42.5 Å². The Balaban J connectivity index is 1.84. The fourth-order valence-electron chi connectivity index (χ4n) is 2.88. The number of hydrogen-bond acceptors (Lipinski definition) is 4. The van der Waals surface area contributed by atoms with Gasteiger partial charge in [0, 0.05) is 12.2 Å². The van der Waals surface area contributed by atoms with E-state index in [0.29, 0.717) is 5.69 Å². The molecule has 28 heavy (non-hydrogen) atoms. The third-order valence-electron chi connectivity index (χ3n) is 4.30. The van der Waals surface area contributed by atoms with Gasteiger partial charge in [0.25, 0.3) is 5.91 Å². The first kappa shape index (κ1) is 19.7. The van der Waals surface area contributed by atoms with Crippen LogP contribution >= 0.6 is 0 Å². The Hall–Kier alpha value is -3.07. The molecule has 2 amide bonds. The Labute approximate surface area is 159 Å². The van der Waals surface area contributed by atoms with Gasteiger partial charge in [0.2, 0.25) is 5.91 Å². The first-order valence-electron chi connectivity index (χ1n) is 8.49. The number of carbonyl (C=O) groups excluding carboxylic acids is 2. The molecular weight excluding hydrogens is 375 g/mol. The standard InChI is InChI=1S/C19H18F3N3O3/c20-19(21,22)12-4-3-5-13(10-12)24-15-7-2-1-6-14(15)18(27)25-8-9-28-16(11-25)17(23)26/h1-7,10,16,24H,8-9,11H2,(H2,23,26). The number of ether oxygens (including phenoxy) is 1. The van der Waals surface area contributed by atoms with E-state index in [9.17, 15) is 22.8 Å². The van der Waals surface area contributed by atoms with Crippen molar-refractivity contribution in [3.05, 3.63) is 59.7 Å². The van der Waals surface area contributed by atoms with E-state index in [-0.39, 0.29) is 36.9 Å². The van der Waals surface area contributed by atoms with Crippen molar-refractivity contribution in [2.75, 3.05) is 25.0 Å². The van der Waals surface area contributed by atoms with Gasteiger partial charge in [-0.2, -0.15) is 13.2 Å². The summed E-state index contributed by atoms with van der Waals surface area (Å²) in [5, 5.41) is 2.87. The van der Waals surface area contributed by atoms with Crippen LogP contribution in [0.15, 0.2) is 48.5 Å². The van der Waals surface area contributed by atoms with E-state index in [2.05, 4.69) is 5.32 Å². The molecule has 3 N–H and O–H groups in total. The lowest BCUT2D eigenvalue weighted by Crippen LogP contribution is -2.50. The minimum absolute atomic E-state index is 0.0199. The van der Waals surface area contributed by atoms with Crippen molar-refractivity contribution in [1.29, 1.82) is 0 Å². The Morgan fingerprint density at radius 3 is 2.61 bits per heavy atom. The van der Waals surface area contributed by atoms with Gasteiger partial charge in [-0.1, -0.05) is 18.2 Å². The Morgan fingerprint density at radius 2 is 1.89 bits per heavy atom. The number of anilines is 2. The van der Waals surface area contributed by atoms with E-state index < -0.39 is 23.8 Å². The number of hydrogen-bond donors (Lipinski definition) is 2. The quantitative estimate of drug-likeness (QED) is 0.837. The molecule has 1 heterocycles. The molecule has 0 radical (unpaired) electrons. The summed E-state index contributed by atoms with van der Waals surface area (Å²) in [5.74, 6) is -1.03. The van der Waals surface area contributed by atoms with Crippen LogP contribution in [0.1, 0.15) is 15.9 Å². The van der Waals surface area contributed by atoms with Gasteiger partial charge in [-0.3, -0.25) is 9.59 Å². The summed E-state index contributed by atoms with van der Waals surface area (Å²) in [4.78, 5) is 25.7. The smallest absolute Gasteiger partial charge is 0.367 e. The number of nitrogens with one attached hydrogen (secondary N) is 1. The predicted octanol–water partition coefficient (Wildman–Crippen LogP) is 2.78. The molecular formula is C19H18F3N3O3. The number of para-hydroxylation sites is 1. The Bertz CT molecular complexity index is 886. The van der Waals surface area contributed by atoms with Gasteiger partial charge < -0.3 is 20.7 Å². The molecule has 1 aliphatic rings. The van der Waals surface area contributed by atoms with Crippen molar-refractivity contribution in [1.82, 2.24) is 4.90 Å². The van der Waals surface area contributed by atoms with Gasteiger partial charge in [0.15, 0.2) is 6.10 Å². The number of carbonyl (C=O) groups is 2. The van der Waals surface area contributed by atoms with Crippen molar-refractivity contribution in [2.45, 2.75) is 12.3 Å². The maximum atomic E-state index is 12.9. The van der Waals surface area contributed by atoms with Gasteiger partial charge in [-0.15, -0.1) is 0 Å². The zero-order valence-corrected chi connectivity index (χ0v) is 14.7. The van der Waals surface area contributed by atoms with Crippen LogP contribution in [0.2, 0.25) is 0 Å². The molecule has 0 aliphatic carbocycles. The third-order valence-corrected chi connectivity index (χ3v) is 4.30. The first-order chi connectivity index (χ1) is 13.3. The summed E-state index contributed by atoms with van der Waals surface area (Å²) in [6.07, 6.45) is -5.36. The summed E-state index contributed by atoms with van der Waals surface area (Å²) < 4.78 is 44.0. The van der Waals surface area contributed by atoms with E-state index in [1.807, 2.05) is 0 Å². The van der Waals surface area contributed by atoms with Crippen LogP contribution in [0.25, 0.3) is 0 Å². The summed E-state index contributed by atoms with van der Waals surface area (Å²) in [5.41, 5.74) is 5.28. The van der Waals surface area contributed by atoms with Crippen molar-refractivity contribution >= 4 is 23.2 Å². The van der Waals surface area contributed by atoms with Crippen LogP contribution in [-0.2, 0) is 15.7 Å². The van der Waals surface area contributed by atoms with E-state index in [1.54, 1.807) is 24.3 Å². The number of alkyl halides is 3. The van der Waals surface area contributed by atoms with E-state index in [1.165, 1.54) is 17.0 Å². The molecule has 2 aromatic carbocycles. The molecule has 1 saturated heterocycles. The molecule has 148 valence electrons. The van der Waals surface area contributed by atoms with Gasteiger partial charge in [-0.05, 0) is 30.3 Å². The highest BCUT2D eigenvalue weighted by Gasteiger charge is 2.31. The Morgan fingerprint density at radius 1 is 1.14 bits per heavy atom. The molecule has 1 fully saturated rings. The largest absolute Gasteiger partial charge is 0.416 e. The zero-order valence-electron chi connectivity index (χ0n) is 14.7. The van der Waals surface area contributed by atoms with E-state index >= 15 is 0 Å². The van der Waals surface area contributed by atoms with Crippen LogP contribution in [0.5, 0.6) is 0 Å². The molecule has 3 rings (SSSR count). The van der Waals surface area contributed by atoms with Crippen molar-refractivity contribution in [2.24, 2.45) is 5.73 Å². The van der Waals surface area contributed by atoms with Crippen LogP contribution in [0.4, 0.5) is 24.5 Å². The normalized spacial score (nSPS) is 17.2. The third kappa shape index (κ3) is 4.42. The molecule has 0 saturated carbocycles. The fraction of sp³-hybridized carbons (Fsp3) is 0.263. The zero-order chi connectivity index (χ0) is 20.3. The number of halogens is 3. The topological polar surface area (TPSA) is 84.7 Å². The number of benzene rings is 2. The average molecular weight is 393 g/mol. The molecule has 1 aliphatic heterocycles.